The van der Waals surface area contributed by atoms with Crippen molar-refractivity contribution >= 4 is 65.4 Å². The van der Waals surface area contributed by atoms with Crippen molar-refractivity contribution in [3.8, 4) is 102 Å². The third kappa shape index (κ3) is 15.1. The topological polar surface area (TPSA) is 132 Å². The van der Waals surface area contributed by atoms with Crippen LogP contribution in [-0.4, -0.2) is 44.3 Å². The molecule has 0 amide bonds. The van der Waals surface area contributed by atoms with Gasteiger partial charge in [-0.2, -0.15) is 0 Å². The van der Waals surface area contributed by atoms with E-state index in [1.54, 1.807) is 0 Å². The zero-order valence-electron chi connectivity index (χ0n) is 69.6. The standard InChI is InChI=1S/C102H111N9O3/c1-16-22-25-64(19-4)61-109-85-55-46-76(67-28-34-70(35-29-67)94-103-106-97(112-94)73-40-49-79(50-41-73)100(7,8)9)58-82(85)88-91(109)89-83-59-77(68-30-36-71(37-31-68)95-104-107-98(113-95)74-42-51-80(52-43-74)101(10,11)12)47-56-86(83)110(62-65(20-5)26-23-17-2)93(89)90-84-60-78(48-57-87(84)111(92(88)90)63-66(21-6)27-24-18-3)69-32-38-72(39-33-69)96-105-108-99(114-96)75-44-53-81(54-45-75)102(13,14)15/h28-60,64-66H,16-27,61-63H2,1-15H3. The van der Waals surface area contributed by atoms with Crippen molar-refractivity contribution < 1.29 is 13.3 Å². The van der Waals surface area contributed by atoms with Crippen LogP contribution in [0.15, 0.2) is 213 Å². The summed E-state index contributed by atoms with van der Waals surface area (Å²) in [7, 11) is 0. The Bertz CT molecular complexity index is 5460. The lowest BCUT2D eigenvalue weighted by Crippen LogP contribution is -2.12. The van der Waals surface area contributed by atoms with Crippen LogP contribution in [0.25, 0.3) is 168 Å². The van der Waals surface area contributed by atoms with Gasteiger partial charge < -0.3 is 27.0 Å². The van der Waals surface area contributed by atoms with Crippen molar-refractivity contribution in [1.82, 2.24) is 44.3 Å². The summed E-state index contributed by atoms with van der Waals surface area (Å²) in [5.41, 5.74) is 23.8. The molecular formula is C102H111N9O3. The largest absolute Gasteiger partial charge is 0.416 e. The molecule has 114 heavy (non-hydrogen) atoms. The van der Waals surface area contributed by atoms with Gasteiger partial charge in [0.25, 0.3) is 0 Å². The van der Waals surface area contributed by atoms with Crippen LogP contribution in [0.3, 0.4) is 0 Å². The normalized spacial score (nSPS) is 13.3. The molecule has 0 spiro atoms. The maximum absolute atomic E-state index is 6.46. The number of aromatic nitrogens is 9. The van der Waals surface area contributed by atoms with Crippen molar-refractivity contribution in [3.05, 3.63) is 217 Å². The zero-order chi connectivity index (χ0) is 79.3. The molecular weight excluding hydrogens is 1400 g/mol. The lowest BCUT2D eigenvalue weighted by atomic mass is 9.87. The summed E-state index contributed by atoms with van der Waals surface area (Å²) in [5, 5.41) is 35.3. The molecule has 12 nitrogen and oxygen atoms in total. The van der Waals surface area contributed by atoms with Crippen LogP contribution >= 0.6 is 0 Å². The highest BCUT2D eigenvalue weighted by molar-refractivity contribution is 6.40. The molecule has 0 saturated carbocycles. The maximum Gasteiger partial charge on any atom is 0.248 e. The van der Waals surface area contributed by atoms with E-state index in [1.807, 2.05) is 0 Å². The summed E-state index contributed by atoms with van der Waals surface area (Å²) in [6.07, 6.45) is 13.7. The first-order valence-corrected chi connectivity index (χ1v) is 42.3. The molecule has 0 radical (unpaired) electrons. The van der Waals surface area contributed by atoms with Crippen LogP contribution < -0.4 is 0 Å². The van der Waals surface area contributed by atoms with Gasteiger partial charge in [-0.15, -0.1) is 30.6 Å². The maximum atomic E-state index is 6.46. The van der Waals surface area contributed by atoms with Crippen LogP contribution in [0.2, 0.25) is 0 Å². The van der Waals surface area contributed by atoms with Crippen molar-refractivity contribution in [1.29, 1.82) is 0 Å². The van der Waals surface area contributed by atoms with E-state index >= 15 is 0 Å². The fourth-order valence-corrected chi connectivity index (χ4v) is 17.3. The number of fused-ring (bicyclic) bond motifs is 12. The van der Waals surface area contributed by atoms with Crippen molar-refractivity contribution in [2.24, 2.45) is 17.8 Å². The van der Waals surface area contributed by atoms with Gasteiger partial charge in [-0.3, -0.25) is 0 Å². The summed E-state index contributed by atoms with van der Waals surface area (Å²) >= 11 is 0. The van der Waals surface area contributed by atoms with Gasteiger partial charge >= 0.3 is 0 Å². The molecule has 582 valence electrons. The van der Waals surface area contributed by atoms with Gasteiger partial charge in [0.15, 0.2) is 0 Å². The average Bonchev–Trinajstić information content (AvgIpc) is 1.51. The van der Waals surface area contributed by atoms with Gasteiger partial charge in [-0.25, -0.2) is 0 Å². The Labute approximate surface area is 672 Å². The third-order valence-corrected chi connectivity index (χ3v) is 24.5. The van der Waals surface area contributed by atoms with E-state index in [-0.39, 0.29) is 16.2 Å². The molecule has 0 aliphatic rings. The van der Waals surface area contributed by atoms with Gasteiger partial charge in [0.1, 0.15) is 0 Å². The second kappa shape index (κ2) is 31.8. The molecule has 0 saturated heterocycles. The van der Waals surface area contributed by atoms with E-state index in [0.29, 0.717) is 53.1 Å². The summed E-state index contributed by atoms with van der Waals surface area (Å²) in [5.74, 6) is 4.36. The number of hydrogen-bond donors (Lipinski definition) is 0. The quantitative estimate of drug-likeness (QED) is 0.0494. The predicted octanol–water partition coefficient (Wildman–Crippen LogP) is 28.7. The summed E-state index contributed by atoms with van der Waals surface area (Å²) in [4.78, 5) is 0. The third-order valence-electron chi connectivity index (χ3n) is 24.5. The van der Waals surface area contributed by atoms with E-state index in [9.17, 15) is 0 Å². The predicted molar refractivity (Wildman–Crippen MR) is 474 cm³/mol. The van der Waals surface area contributed by atoms with Crippen LogP contribution in [0.4, 0.5) is 0 Å². The molecule has 0 bridgehead atoms. The number of nitrogens with zero attached hydrogens (tertiary/aromatic N) is 9. The molecule has 0 aliphatic carbocycles. The lowest BCUT2D eigenvalue weighted by molar-refractivity contribution is 0.400. The van der Waals surface area contributed by atoms with Gasteiger partial charge in [-0.05, 0) is 213 Å². The van der Waals surface area contributed by atoms with Gasteiger partial charge in [0.05, 0.1) is 16.6 Å². The first kappa shape index (κ1) is 77.0. The van der Waals surface area contributed by atoms with E-state index in [4.69, 9.17) is 13.3 Å². The molecule has 16 rings (SSSR count). The summed E-state index contributed by atoms with van der Waals surface area (Å²) in [6.45, 7) is 37.0. The van der Waals surface area contributed by atoms with Gasteiger partial charge in [0, 0.05) is 102 Å². The Morgan fingerprint density at radius 1 is 0.263 bits per heavy atom. The molecule has 12 heteroatoms. The molecule has 0 N–H and O–H groups in total. The van der Waals surface area contributed by atoms with Crippen molar-refractivity contribution in [2.45, 2.75) is 217 Å². The SMILES string of the molecule is CCCCC(CC)Cn1c2ccc(-c3ccc(-c4nnc(-c5ccc(C(C)(C)C)cc5)o4)cc3)cc2c2c1c1c3cc(-c4ccc(-c5nnc(-c6ccc(C(C)(C)C)cc6)o5)cc4)ccc3n(CC(CC)CCCC)c1c1c3cc(-c4ccc(-c5nnc(-c6ccc(C(C)(C)C)cc6)o5)cc4)ccc3n(CC(CC)CCCC)c21. The highest BCUT2D eigenvalue weighted by atomic mass is 16.4. The van der Waals surface area contributed by atoms with Crippen molar-refractivity contribution in [2.75, 3.05) is 0 Å². The van der Waals surface area contributed by atoms with E-state index in [1.165, 1.54) is 101 Å². The molecule has 3 unspecified atom stereocenters. The Morgan fingerprint density at radius 3 is 0.667 bits per heavy atom. The minimum atomic E-state index is 0.0338. The lowest BCUT2D eigenvalue weighted by Gasteiger charge is -2.20. The fraction of sp³-hybridized carbons (Fsp3) is 0.353. The number of unbranched alkanes of at least 4 members (excludes halogenated alkanes) is 3. The first-order valence-electron chi connectivity index (χ1n) is 42.3. The second-order valence-electron chi connectivity index (χ2n) is 35.4. The Kier molecular flexibility index (Phi) is 21.5. The van der Waals surface area contributed by atoms with Crippen LogP contribution in [0.1, 0.15) is 198 Å². The zero-order valence-corrected chi connectivity index (χ0v) is 69.6. The smallest absolute Gasteiger partial charge is 0.248 e. The van der Waals surface area contributed by atoms with Crippen LogP contribution in [-0.2, 0) is 35.9 Å². The number of benzene rings is 10. The molecule has 16 aromatic rings. The molecule has 6 aromatic heterocycles. The van der Waals surface area contributed by atoms with E-state index in [2.05, 4.69) is 348 Å². The average molecular weight is 1510 g/mol. The van der Waals surface area contributed by atoms with Gasteiger partial charge in [0.2, 0.25) is 35.3 Å². The van der Waals surface area contributed by atoms with E-state index in [0.717, 1.165) is 144 Å². The Morgan fingerprint density at radius 2 is 0.465 bits per heavy atom. The molecule has 10 aromatic carbocycles. The summed E-state index contributed by atoms with van der Waals surface area (Å²) in [6, 6.07) is 73.8. The number of hydrogen-bond acceptors (Lipinski definition) is 9. The second-order valence-corrected chi connectivity index (χ2v) is 35.4. The first-order chi connectivity index (χ1) is 55.1. The highest BCUT2D eigenvalue weighted by Gasteiger charge is 2.32. The van der Waals surface area contributed by atoms with E-state index < -0.39 is 0 Å². The minimum Gasteiger partial charge on any atom is -0.416 e. The highest BCUT2D eigenvalue weighted by Crippen LogP contribution is 2.52. The Balaban J connectivity index is 0.930. The van der Waals surface area contributed by atoms with Crippen LogP contribution in [0.5, 0.6) is 0 Å². The van der Waals surface area contributed by atoms with Gasteiger partial charge in [-0.1, -0.05) is 253 Å². The number of rotatable bonds is 27. The fourth-order valence-electron chi connectivity index (χ4n) is 17.3. The van der Waals surface area contributed by atoms with Crippen LogP contribution in [0, 0.1) is 17.8 Å². The minimum absolute atomic E-state index is 0.0338. The Hall–Kier alpha value is -11.0. The molecule has 6 heterocycles. The van der Waals surface area contributed by atoms with Crippen molar-refractivity contribution in [3.63, 3.8) is 0 Å². The molecule has 0 fully saturated rings. The molecule has 3 atom stereocenters. The summed E-state index contributed by atoms with van der Waals surface area (Å²) < 4.78 is 27.8. The monoisotopic (exact) mass is 1510 g/mol. The molecule has 0 aliphatic heterocycles.